The van der Waals surface area contributed by atoms with Crippen LogP contribution in [0.2, 0.25) is 0 Å². The Bertz CT molecular complexity index is 198. The summed E-state index contributed by atoms with van der Waals surface area (Å²) < 4.78 is 5.35. The van der Waals surface area contributed by atoms with Crippen LogP contribution < -0.4 is 0 Å². The molecule has 0 amide bonds. The summed E-state index contributed by atoms with van der Waals surface area (Å²) in [5.41, 5.74) is 1.35. The lowest BCUT2D eigenvalue weighted by Crippen LogP contribution is -1.97. The summed E-state index contributed by atoms with van der Waals surface area (Å²) in [6, 6.07) is 10.4. The molecular formula is C10H14OS. The zero-order valence-corrected chi connectivity index (χ0v) is 8.14. The first-order valence-corrected chi connectivity index (χ1v) is 5.43. The molecule has 1 nitrogen and oxygen atoms in total. The summed E-state index contributed by atoms with van der Waals surface area (Å²) in [6.45, 7) is 0.824. The molecule has 0 atom stereocenters. The third-order valence-electron chi connectivity index (χ3n) is 1.58. The fourth-order valence-electron chi connectivity index (χ4n) is 0.977. The van der Waals surface area contributed by atoms with Crippen LogP contribution in [0.15, 0.2) is 30.3 Å². The quantitative estimate of drug-likeness (QED) is 0.511. The number of hydrogen-bond donors (Lipinski definition) is 0. The first-order chi connectivity index (χ1) is 5.93. The van der Waals surface area contributed by atoms with Crippen LogP contribution in [-0.2, 0) is 11.2 Å². The van der Waals surface area contributed by atoms with E-state index in [0.717, 1.165) is 19.0 Å². The first kappa shape index (κ1) is 9.62. The van der Waals surface area contributed by atoms with Gasteiger partial charge in [-0.1, -0.05) is 30.3 Å². The molecular weight excluding hydrogens is 168 g/mol. The van der Waals surface area contributed by atoms with Gasteiger partial charge in [0, 0.05) is 0 Å². The minimum absolute atomic E-state index is 0.798. The molecule has 1 aromatic rings. The maximum absolute atomic E-state index is 5.35. The van der Waals surface area contributed by atoms with Crippen molar-refractivity contribution in [2.75, 3.05) is 18.8 Å². The highest BCUT2D eigenvalue weighted by atomic mass is 32.2. The van der Waals surface area contributed by atoms with E-state index in [9.17, 15) is 0 Å². The number of hydrogen-bond acceptors (Lipinski definition) is 2. The number of thioether (sulfide) groups is 1. The molecule has 0 unspecified atom stereocenters. The van der Waals surface area contributed by atoms with Crippen LogP contribution >= 0.6 is 11.8 Å². The van der Waals surface area contributed by atoms with E-state index in [1.54, 1.807) is 11.8 Å². The maximum atomic E-state index is 5.35. The Labute approximate surface area is 78.1 Å². The molecule has 1 rings (SSSR count). The lowest BCUT2D eigenvalue weighted by molar-refractivity contribution is 0.186. The second kappa shape index (κ2) is 6.09. The number of rotatable bonds is 5. The SMILES string of the molecule is CSCOCCc1ccccc1. The van der Waals surface area contributed by atoms with Crippen molar-refractivity contribution >= 4 is 11.8 Å². The fraction of sp³-hybridized carbons (Fsp3) is 0.400. The third-order valence-corrected chi connectivity index (χ3v) is 1.98. The van der Waals surface area contributed by atoms with E-state index >= 15 is 0 Å². The van der Waals surface area contributed by atoms with Crippen molar-refractivity contribution in [1.29, 1.82) is 0 Å². The van der Waals surface area contributed by atoms with E-state index in [0.29, 0.717) is 0 Å². The predicted molar refractivity (Wildman–Crippen MR) is 54.5 cm³/mol. The van der Waals surface area contributed by atoms with Gasteiger partial charge in [-0.3, -0.25) is 0 Å². The van der Waals surface area contributed by atoms with Crippen molar-refractivity contribution < 1.29 is 4.74 Å². The minimum atomic E-state index is 0.798. The van der Waals surface area contributed by atoms with Gasteiger partial charge in [-0.25, -0.2) is 0 Å². The van der Waals surface area contributed by atoms with Gasteiger partial charge in [0.1, 0.15) is 0 Å². The van der Waals surface area contributed by atoms with Crippen LogP contribution in [0.25, 0.3) is 0 Å². The second-order valence-corrected chi connectivity index (χ2v) is 3.36. The van der Waals surface area contributed by atoms with E-state index in [-0.39, 0.29) is 0 Å². The van der Waals surface area contributed by atoms with Gasteiger partial charge < -0.3 is 4.74 Å². The Hall–Kier alpha value is -0.470. The molecule has 0 spiro atoms. The Kier molecular flexibility index (Phi) is 4.88. The summed E-state index contributed by atoms with van der Waals surface area (Å²) in [5, 5.41) is 0. The van der Waals surface area contributed by atoms with Gasteiger partial charge in [-0.05, 0) is 18.2 Å². The molecule has 0 aliphatic carbocycles. The highest BCUT2D eigenvalue weighted by Crippen LogP contribution is 2.00. The van der Waals surface area contributed by atoms with Crippen molar-refractivity contribution in [3.05, 3.63) is 35.9 Å². The average molecular weight is 182 g/mol. The zero-order valence-electron chi connectivity index (χ0n) is 7.32. The van der Waals surface area contributed by atoms with Crippen LogP contribution in [0.5, 0.6) is 0 Å². The Morgan fingerprint density at radius 2 is 2.00 bits per heavy atom. The molecule has 0 heterocycles. The van der Waals surface area contributed by atoms with Gasteiger partial charge in [0.25, 0.3) is 0 Å². The molecule has 0 saturated heterocycles. The highest BCUT2D eigenvalue weighted by Gasteiger charge is 1.90. The molecule has 0 saturated carbocycles. The van der Waals surface area contributed by atoms with Gasteiger partial charge in [-0.15, -0.1) is 11.8 Å². The first-order valence-electron chi connectivity index (χ1n) is 4.04. The molecule has 0 aromatic heterocycles. The van der Waals surface area contributed by atoms with Crippen LogP contribution in [0.3, 0.4) is 0 Å². The predicted octanol–water partition coefficient (Wildman–Crippen LogP) is 2.57. The molecule has 0 radical (unpaired) electrons. The van der Waals surface area contributed by atoms with E-state index in [1.165, 1.54) is 5.56 Å². The van der Waals surface area contributed by atoms with Crippen LogP contribution in [-0.4, -0.2) is 18.8 Å². The Balaban J connectivity index is 2.16. The summed E-state index contributed by atoms with van der Waals surface area (Å²) in [5.74, 6) is 0.798. The monoisotopic (exact) mass is 182 g/mol. The third kappa shape index (κ3) is 3.79. The van der Waals surface area contributed by atoms with Crippen molar-refractivity contribution in [3.63, 3.8) is 0 Å². The van der Waals surface area contributed by atoms with E-state index in [1.807, 2.05) is 12.3 Å². The molecule has 12 heavy (non-hydrogen) atoms. The van der Waals surface area contributed by atoms with Crippen molar-refractivity contribution in [2.24, 2.45) is 0 Å². The standard InChI is InChI=1S/C10H14OS/c1-12-9-11-8-7-10-5-3-2-4-6-10/h2-6H,7-9H2,1H3. The minimum Gasteiger partial charge on any atom is -0.371 e. The molecule has 0 aliphatic rings. The van der Waals surface area contributed by atoms with E-state index < -0.39 is 0 Å². The molecule has 1 aromatic carbocycles. The summed E-state index contributed by atoms with van der Waals surface area (Å²) in [6.07, 6.45) is 3.06. The molecule has 0 N–H and O–H groups in total. The molecule has 0 bridgehead atoms. The largest absolute Gasteiger partial charge is 0.371 e. The van der Waals surface area contributed by atoms with Gasteiger partial charge in [0.05, 0.1) is 12.5 Å². The summed E-state index contributed by atoms with van der Waals surface area (Å²) in [7, 11) is 0. The fourth-order valence-corrected chi connectivity index (χ4v) is 1.26. The van der Waals surface area contributed by atoms with Crippen molar-refractivity contribution in [3.8, 4) is 0 Å². The van der Waals surface area contributed by atoms with Gasteiger partial charge in [-0.2, -0.15) is 0 Å². The maximum Gasteiger partial charge on any atom is 0.0918 e. The molecule has 0 fully saturated rings. The Morgan fingerprint density at radius 1 is 1.25 bits per heavy atom. The van der Waals surface area contributed by atoms with Crippen molar-refractivity contribution in [2.45, 2.75) is 6.42 Å². The van der Waals surface area contributed by atoms with Gasteiger partial charge >= 0.3 is 0 Å². The summed E-state index contributed by atoms with van der Waals surface area (Å²) >= 11 is 1.71. The second-order valence-electron chi connectivity index (χ2n) is 2.55. The average Bonchev–Trinajstić information content (AvgIpc) is 2.14. The topological polar surface area (TPSA) is 9.23 Å². The van der Waals surface area contributed by atoms with Crippen LogP contribution in [0.1, 0.15) is 5.56 Å². The van der Waals surface area contributed by atoms with E-state index in [4.69, 9.17) is 4.74 Å². The Morgan fingerprint density at radius 3 is 2.67 bits per heavy atom. The van der Waals surface area contributed by atoms with E-state index in [2.05, 4.69) is 24.3 Å². The number of benzene rings is 1. The molecule has 0 aliphatic heterocycles. The van der Waals surface area contributed by atoms with Gasteiger partial charge in [0.2, 0.25) is 0 Å². The highest BCUT2D eigenvalue weighted by molar-refractivity contribution is 7.98. The molecule has 66 valence electrons. The number of ether oxygens (including phenoxy) is 1. The van der Waals surface area contributed by atoms with Crippen molar-refractivity contribution in [1.82, 2.24) is 0 Å². The lowest BCUT2D eigenvalue weighted by Gasteiger charge is -2.01. The lowest BCUT2D eigenvalue weighted by atomic mass is 10.2. The zero-order chi connectivity index (χ0) is 8.65. The van der Waals surface area contributed by atoms with Crippen LogP contribution in [0, 0.1) is 0 Å². The van der Waals surface area contributed by atoms with Gasteiger partial charge in [0.15, 0.2) is 0 Å². The van der Waals surface area contributed by atoms with Crippen LogP contribution in [0.4, 0.5) is 0 Å². The summed E-state index contributed by atoms with van der Waals surface area (Å²) in [4.78, 5) is 0. The normalized spacial score (nSPS) is 10.1. The molecule has 2 heteroatoms. The smallest absolute Gasteiger partial charge is 0.0918 e.